The van der Waals surface area contributed by atoms with E-state index >= 15 is 0 Å². The van der Waals surface area contributed by atoms with Crippen LogP contribution < -0.4 is 5.32 Å². The van der Waals surface area contributed by atoms with Gasteiger partial charge >= 0.3 is 0 Å². The molecule has 0 aliphatic carbocycles. The molecule has 25 heavy (non-hydrogen) atoms. The summed E-state index contributed by atoms with van der Waals surface area (Å²) in [6.07, 6.45) is 0.0507. The first-order chi connectivity index (χ1) is 11.9. The first-order valence-electron chi connectivity index (χ1n) is 7.97. The Kier molecular flexibility index (Phi) is 6.53. The Labute approximate surface area is 151 Å². The normalized spacial score (nSPS) is 10.4. The first kappa shape index (κ1) is 18.9. The summed E-state index contributed by atoms with van der Waals surface area (Å²) in [6.45, 7) is 3.97. The molecule has 0 unspecified atom stereocenters. The third-order valence-corrected chi connectivity index (χ3v) is 4.02. The van der Waals surface area contributed by atoms with Crippen molar-refractivity contribution >= 4 is 29.1 Å². The van der Waals surface area contributed by atoms with Crippen LogP contribution in [0.2, 0.25) is 5.02 Å². The van der Waals surface area contributed by atoms with E-state index in [9.17, 15) is 14.0 Å². The van der Waals surface area contributed by atoms with Crippen molar-refractivity contribution in [3.63, 3.8) is 0 Å². The smallest absolute Gasteiger partial charge is 0.244 e. The Morgan fingerprint density at radius 1 is 1.20 bits per heavy atom. The number of carbonyl (C=O) groups is 2. The number of nitrogens with zero attached hydrogens (tertiary/aromatic N) is 1. The minimum absolute atomic E-state index is 0.0507. The van der Waals surface area contributed by atoms with Crippen LogP contribution in [-0.2, 0) is 16.0 Å². The molecule has 2 rings (SSSR count). The Morgan fingerprint density at radius 3 is 2.64 bits per heavy atom. The molecule has 0 bridgehead atoms. The van der Waals surface area contributed by atoms with Crippen LogP contribution in [0.5, 0.6) is 0 Å². The van der Waals surface area contributed by atoms with Crippen molar-refractivity contribution in [3.05, 3.63) is 64.4 Å². The molecule has 2 amide bonds. The quantitative estimate of drug-likeness (QED) is 0.849. The van der Waals surface area contributed by atoms with Crippen molar-refractivity contribution < 1.29 is 14.0 Å². The van der Waals surface area contributed by atoms with Crippen LogP contribution in [0.4, 0.5) is 10.1 Å². The van der Waals surface area contributed by atoms with E-state index < -0.39 is 0 Å². The second-order valence-corrected chi connectivity index (χ2v) is 6.16. The highest BCUT2D eigenvalue weighted by molar-refractivity contribution is 6.31. The van der Waals surface area contributed by atoms with Crippen molar-refractivity contribution in [3.8, 4) is 0 Å². The lowest BCUT2D eigenvalue weighted by Gasteiger charge is -2.21. The van der Waals surface area contributed by atoms with Crippen molar-refractivity contribution in [2.75, 3.05) is 18.4 Å². The number of benzene rings is 2. The predicted molar refractivity (Wildman–Crippen MR) is 97.2 cm³/mol. The van der Waals surface area contributed by atoms with E-state index in [-0.39, 0.29) is 30.6 Å². The summed E-state index contributed by atoms with van der Waals surface area (Å²) in [7, 11) is 0. The molecule has 0 spiro atoms. The molecule has 0 saturated heterocycles. The minimum atomic E-state index is -0.387. The van der Waals surface area contributed by atoms with Crippen molar-refractivity contribution in [1.29, 1.82) is 0 Å². The molecule has 0 aromatic heterocycles. The minimum Gasteiger partial charge on any atom is -0.333 e. The summed E-state index contributed by atoms with van der Waals surface area (Å²) in [5.41, 5.74) is 2.08. The van der Waals surface area contributed by atoms with Crippen LogP contribution in [0.3, 0.4) is 0 Å². The number of halogens is 2. The Balaban J connectivity index is 1.99. The van der Waals surface area contributed by atoms with Crippen LogP contribution >= 0.6 is 11.6 Å². The van der Waals surface area contributed by atoms with Gasteiger partial charge in [-0.25, -0.2) is 4.39 Å². The molecular weight excluding hydrogens is 343 g/mol. The van der Waals surface area contributed by atoms with Crippen molar-refractivity contribution in [2.45, 2.75) is 20.3 Å². The maximum absolute atomic E-state index is 13.2. The lowest BCUT2D eigenvalue weighted by atomic mass is 10.1. The molecule has 132 valence electrons. The molecule has 0 radical (unpaired) electrons. The zero-order valence-electron chi connectivity index (χ0n) is 14.2. The van der Waals surface area contributed by atoms with Crippen LogP contribution in [0.1, 0.15) is 18.1 Å². The van der Waals surface area contributed by atoms with Gasteiger partial charge in [-0.1, -0.05) is 29.8 Å². The summed E-state index contributed by atoms with van der Waals surface area (Å²) in [6, 6.07) is 11.1. The monoisotopic (exact) mass is 362 g/mol. The molecule has 1 N–H and O–H groups in total. The van der Waals surface area contributed by atoms with Gasteiger partial charge in [0.2, 0.25) is 11.8 Å². The Hall–Kier alpha value is -2.40. The number of carbonyl (C=O) groups excluding carboxylic acids is 2. The predicted octanol–water partition coefficient (Wildman–Crippen LogP) is 3.82. The maximum atomic E-state index is 13.2. The number of nitrogens with one attached hydrogen (secondary N) is 1. The van der Waals surface area contributed by atoms with Crippen LogP contribution in [-0.4, -0.2) is 29.8 Å². The second kappa shape index (κ2) is 8.62. The molecule has 6 heteroatoms. The second-order valence-electron chi connectivity index (χ2n) is 5.72. The van der Waals surface area contributed by atoms with Gasteiger partial charge in [0.15, 0.2) is 0 Å². The number of amides is 2. The first-order valence-corrected chi connectivity index (χ1v) is 8.35. The molecule has 0 aliphatic heterocycles. The number of likely N-dealkylation sites (N-methyl/N-ethyl adjacent to an activating group) is 1. The zero-order chi connectivity index (χ0) is 18.4. The fourth-order valence-corrected chi connectivity index (χ4v) is 2.57. The molecule has 2 aromatic carbocycles. The molecule has 0 heterocycles. The molecule has 0 fully saturated rings. The van der Waals surface area contributed by atoms with Gasteiger partial charge in [0.05, 0.1) is 13.0 Å². The molecular formula is C19H20ClFN2O2. The average Bonchev–Trinajstić information content (AvgIpc) is 2.56. The van der Waals surface area contributed by atoms with Gasteiger partial charge in [-0.05, 0) is 49.2 Å². The molecule has 0 saturated carbocycles. The van der Waals surface area contributed by atoms with E-state index in [0.29, 0.717) is 22.8 Å². The molecule has 0 aliphatic rings. The summed E-state index contributed by atoms with van der Waals surface area (Å²) in [5.74, 6) is -0.923. The SMILES string of the molecule is CCN(CC(=O)Nc1cc(Cl)ccc1C)C(=O)Cc1cccc(F)c1. The highest BCUT2D eigenvalue weighted by Gasteiger charge is 2.17. The molecule has 4 nitrogen and oxygen atoms in total. The Bertz CT molecular complexity index is 780. The highest BCUT2D eigenvalue weighted by atomic mass is 35.5. The number of anilines is 1. The zero-order valence-corrected chi connectivity index (χ0v) is 14.9. The van der Waals surface area contributed by atoms with Crippen molar-refractivity contribution in [2.24, 2.45) is 0 Å². The van der Waals surface area contributed by atoms with Gasteiger partial charge in [-0.15, -0.1) is 0 Å². The molecule has 0 atom stereocenters. The lowest BCUT2D eigenvalue weighted by molar-refractivity contribution is -0.133. The summed E-state index contributed by atoms with van der Waals surface area (Å²) < 4.78 is 13.2. The number of hydrogen-bond acceptors (Lipinski definition) is 2. The fraction of sp³-hybridized carbons (Fsp3) is 0.263. The van der Waals surface area contributed by atoms with Gasteiger partial charge < -0.3 is 10.2 Å². The summed E-state index contributed by atoms with van der Waals surface area (Å²) in [5, 5.41) is 3.29. The number of aryl methyl sites for hydroxylation is 1. The third-order valence-electron chi connectivity index (χ3n) is 3.79. The lowest BCUT2D eigenvalue weighted by Crippen LogP contribution is -2.38. The van der Waals surface area contributed by atoms with Crippen LogP contribution in [0.15, 0.2) is 42.5 Å². The van der Waals surface area contributed by atoms with Gasteiger partial charge in [0, 0.05) is 17.3 Å². The van der Waals surface area contributed by atoms with E-state index in [1.165, 1.54) is 17.0 Å². The fourth-order valence-electron chi connectivity index (χ4n) is 2.40. The Morgan fingerprint density at radius 2 is 1.96 bits per heavy atom. The van der Waals surface area contributed by atoms with Gasteiger partial charge in [-0.2, -0.15) is 0 Å². The van der Waals surface area contributed by atoms with Crippen molar-refractivity contribution in [1.82, 2.24) is 4.90 Å². The maximum Gasteiger partial charge on any atom is 0.244 e. The van der Waals surface area contributed by atoms with E-state index in [4.69, 9.17) is 11.6 Å². The average molecular weight is 363 g/mol. The van der Waals surface area contributed by atoms with Gasteiger partial charge in [0.25, 0.3) is 0 Å². The van der Waals surface area contributed by atoms with E-state index in [1.54, 1.807) is 31.2 Å². The topological polar surface area (TPSA) is 49.4 Å². The molecule has 2 aromatic rings. The van der Waals surface area contributed by atoms with Crippen LogP contribution in [0, 0.1) is 12.7 Å². The van der Waals surface area contributed by atoms with E-state index in [0.717, 1.165) is 5.56 Å². The third kappa shape index (κ3) is 5.57. The number of rotatable bonds is 6. The standard InChI is InChI=1S/C19H20ClFN2O2/c1-3-23(19(25)10-14-5-4-6-16(21)9-14)12-18(24)22-17-11-15(20)8-7-13(17)2/h4-9,11H,3,10,12H2,1-2H3,(H,22,24). The summed E-state index contributed by atoms with van der Waals surface area (Å²) >= 11 is 5.94. The van der Waals surface area contributed by atoms with E-state index in [1.807, 2.05) is 13.0 Å². The number of hydrogen-bond donors (Lipinski definition) is 1. The van der Waals surface area contributed by atoms with Crippen LogP contribution in [0.25, 0.3) is 0 Å². The largest absolute Gasteiger partial charge is 0.333 e. The van der Waals surface area contributed by atoms with E-state index in [2.05, 4.69) is 5.32 Å². The summed E-state index contributed by atoms with van der Waals surface area (Å²) in [4.78, 5) is 26.0. The van der Waals surface area contributed by atoms with Gasteiger partial charge in [0.1, 0.15) is 5.82 Å². The highest BCUT2D eigenvalue weighted by Crippen LogP contribution is 2.20. The van der Waals surface area contributed by atoms with Gasteiger partial charge in [-0.3, -0.25) is 9.59 Å².